The summed E-state index contributed by atoms with van der Waals surface area (Å²) in [6, 6.07) is 24.8. The first-order chi connectivity index (χ1) is 18.6. The van der Waals surface area contributed by atoms with Gasteiger partial charge in [0.25, 0.3) is 5.88 Å². The molecular weight excluding hydrogens is 478 g/mol. The third-order valence-electron chi connectivity index (χ3n) is 5.72. The summed E-state index contributed by atoms with van der Waals surface area (Å²) in [7, 11) is 0. The van der Waals surface area contributed by atoms with E-state index in [0.717, 1.165) is 30.4 Å². The van der Waals surface area contributed by atoms with Crippen molar-refractivity contribution in [3.05, 3.63) is 89.5 Å². The number of ether oxygens (including phenoxy) is 3. The second-order valence-corrected chi connectivity index (χ2v) is 8.56. The Morgan fingerprint density at radius 1 is 0.921 bits per heavy atom. The maximum absolute atomic E-state index is 9.43. The van der Waals surface area contributed by atoms with Crippen LogP contribution in [0.5, 0.6) is 29.1 Å². The van der Waals surface area contributed by atoms with E-state index in [0.29, 0.717) is 41.8 Å². The van der Waals surface area contributed by atoms with Gasteiger partial charge in [-0.15, -0.1) is 0 Å². The van der Waals surface area contributed by atoms with Crippen molar-refractivity contribution in [2.24, 2.45) is 0 Å². The Morgan fingerprint density at radius 2 is 1.74 bits per heavy atom. The van der Waals surface area contributed by atoms with Crippen LogP contribution in [-0.4, -0.2) is 16.6 Å². The second kappa shape index (κ2) is 13.0. The Hall–Kier alpha value is -4.77. The van der Waals surface area contributed by atoms with Crippen LogP contribution in [0.4, 0.5) is 11.5 Å². The highest BCUT2D eigenvalue weighted by atomic mass is 16.5. The first-order valence-corrected chi connectivity index (χ1v) is 12.7. The van der Waals surface area contributed by atoms with Crippen LogP contribution >= 0.6 is 0 Å². The minimum atomic E-state index is 0.0542. The molecule has 1 heterocycles. The molecule has 0 atom stereocenters. The van der Waals surface area contributed by atoms with Crippen molar-refractivity contribution in [2.75, 3.05) is 17.7 Å². The molecule has 0 saturated carbocycles. The van der Waals surface area contributed by atoms with E-state index >= 15 is 0 Å². The molecule has 0 fully saturated rings. The molecule has 8 nitrogen and oxygen atoms in total. The summed E-state index contributed by atoms with van der Waals surface area (Å²) in [6.07, 6.45) is 2.82. The number of nitrogens with one attached hydrogen (secondary N) is 1. The van der Waals surface area contributed by atoms with Crippen molar-refractivity contribution in [3.63, 3.8) is 0 Å². The number of nitriles is 1. The number of aromatic nitrogens is 2. The summed E-state index contributed by atoms with van der Waals surface area (Å²) in [5.74, 6) is 2.23. The molecule has 3 aromatic carbocycles. The van der Waals surface area contributed by atoms with Crippen LogP contribution < -0.4 is 25.3 Å². The zero-order valence-electron chi connectivity index (χ0n) is 21.6. The van der Waals surface area contributed by atoms with Crippen LogP contribution in [0.15, 0.2) is 72.8 Å². The van der Waals surface area contributed by atoms with Crippen molar-refractivity contribution >= 4 is 11.5 Å². The Labute approximate surface area is 223 Å². The number of hydrogen-bond acceptors (Lipinski definition) is 8. The molecule has 0 aliphatic rings. The summed E-state index contributed by atoms with van der Waals surface area (Å²) in [5.41, 5.74) is 9.21. The number of benzene rings is 3. The molecule has 3 N–H and O–H groups in total. The van der Waals surface area contributed by atoms with E-state index in [1.807, 2.05) is 55.5 Å². The second-order valence-electron chi connectivity index (χ2n) is 8.56. The smallest absolute Gasteiger partial charge is 0.327 e. The Balaban J connectivity index is 1.70. The Morgan fingerprint density at radius 3 is 2.50 bits per heavy atom. The number of rotatable bonds is 12. The molecule has 0 aliphatic carbocycles. The summed E-state index contributed by atoms with van der Waals surface area (Å²) in [5, 5.41) is 12.7. The lowest BCUT2D eigenvalue weighted by Crippen LogP contribution is -2.09. The molecule has 194 valence electrons. The quantitative estimate of drug-likeness (QED) is 0.213. The molecule has 4 rings (SSSR count). The van der Waals surface area contributed by atoms with E-state index in [1.54, 1.807) is 24.3 Å². The SMILES string of the molecule is CCCCc1ccc(C#N)cc1Oc1nc(NCc2ccccc2)c(N)c(Oc2cccc(OCC)c2)n1. The third kappa shape index (κ3) is 6.92. The largest absolute Gasteiger partial charge is 0.494 e. The number of nitrogens with zero attached hydrogens (tertiary/aromatic N) is 3. The van der Waals surface area contributed by atoms with Crippen molar-refractivity contribution in [1.29, 1.82) is 5.26 Å². The van der Waals surface area contributed by atoms with Crippen LogP contribution in [0.25, 0.3) is 0 Å². The molecule has 0 radical (unpaired) electrons. The average Bonchev–Trinajstić information content (AvgIpc) is 2.94. The maximum Gasteiger partial charge on any atom is 0.327 e. The van der Waals surface area contributed by atoms with Gasteiger partial charge in [-0.05, 0) is 55.2 Å². The fourth-order valence-corrected chi connectivity index (χ4v) is 3.77. The zero-order chi connectivity index (χ0) is 26.7. The summed E-state index contributed by atoms with van der Waals surface area (Å²) in [6.45, 7) is 5.07. The minimum Gasteiger partial charge on any atom is -0.494 e. The van der Waals surface area contributed by atoms with Gasteiger partial charge in [0.05, 0.1) is 18.2 Å². The van der Waals surface area contributed by atoms with Crippen molar-refractivity contribution in [3.8, 4) is 35.2 Å². The lowest BCUT2D eigenvalue weighted by atomic mass is 10.1. The topological polar surface area (TPSA) is 115 Å². The molecule has 4 aromatic rings. The summed E-state index contributed by atoms with van der Waals surface area (Å²) >= 11 is 0. The van der Waals surface area contributed by atoms with Gasteiger partial charge >= 0.3 is 6.01 Å². The van der Waals surface area contributed by atoms with Gasteiger partial charge < -0.3 is 25.3 Å². The molecule has 0 aliphatic heterocycles. The van der Waals surface area contributed by atoms with Gasteiger partial charge in [-0.3, -0.25) is 0 Å². The highest BCUT2D eigenvalue weighted by Gasteiger charge is 2.17. The van der Waals surface area contributed by atoms with Crippen molar-refractivity contribution in [1.82, 2.24) is 9.97 Å². The van der Waals surface area contributed by atoms with E-state index in [-0.39, 0.29) is 17.6 Å². The van der Waals surface area contributed by atoms with Gasteiger partial charge in [0.15, 0.2) is 5.82 Å². The summed E-state index contributed by atoms with van der Waals surface area (Å²) < 4.78 is 17.8. The van der Waals surface area contributed by atoms with Gasteiger partial charge in [-0.2, -0.15) is 15.2 Å². The average molecular weight is 510 g/mol. The number of anilines is 2. The first-order valence-electron chi connectivity index (χ1n) is 12.7. The Bertz CT molecular complexity index is 1400. The van der Waals surface area contributed by atoms with Crippen LogP contribution in [0.2, 0.25) is 0 Å². The van der Waals surface area contributed by atoms with Gasteiger partial charge in [-0.1, -0.05) is 55.8 Å². The zero-order valence-corrected chi connectivity index (χ0v) is 21.6. The number of unbranched alkanes of at least 4 members (excludes halogenated alkanes) is 1. The molecule has 0 spiro atoms. The number of hydrogen-bond donors (Lipinski definition) is 2. The van der Waals surface area contributed by atoms with Gasteiger partial charge in [0.2, 0.25) is 0 Å². The molecule has 1 aromatic heterocycles. The van der Waals surface area contributed by atoms with Crippen molar-refractivity contribution in [2.45, 2.75) is 39.7 Å². The first kappa shape index (κ1) is 26.3. The maximum atomic E-state index is 9.43. The molecule has 0 bridgehead atoms. The monoisotopic (exact) mass is 509 g/mol. The number of aryl methyl sites for hydroxylation is 1. The number of nitrogen functional groups attached to an aromatic ring is 1. The molecule has 0 amide bonds. The van der Waals surface area contributed by atoms with E-state index in [1.165, 1.54) is 0 Å². The van der Waals surface area contributed by atoms with Crippen molar-refractivity contribution < 1.29 is 14.2 Å². The standard InChI is InChI=1S/C30H31N5O3/c1-3-5-12-23-16-15-22(19-31)17-26(23)38-30-34-28(33-20-21-10-7-6-8-11-21)27(32)29(35-30)37-25-14-9-13-24(18-25)36-4-2/h6-11,13-18H,3-5,12,20,32H2,1-2H3,(H,33,34,35). The molecule has 0 saturated heterocycles. The fourth-order valence-electron chi connectivity index (χ4n) is 3.77. The van der Waals surface area contributed by atoms with Gasteiger partial charge in [0.1, 0.15) is 22.9 Å². The minimum absolute atomic E-state index is 0.0542. The lowest BCUT2D eigenvalue weighted by Gasteiger charge is -2.16. The predicted octanol–water partition coefficient (Wildman–Crippen LogP) is 6.87. The van der Waals surface area contributed by atoms with E-state index in [2.05, 4.69) is 28.3 Å². The van der Waals surface area contributed by atoms with Crippen LogP contribution in [0, 0.1) is 11.3 Å². The van der Waals surface area contributed by atoms with E-state index in [4.69, 9.17) is 19.9 Å². The highest BCUT2D eigenvalue weighted by molar-refractivity contribution is 5.68. The molecule has 0 unspecified atom stereocenters. The molecular formula is C30H31N5O3. The molecule has 38 heavy (non-hydrogen) atoms. The fraction of sp³-hybridized carbons (Fsp3) is 0.233. The number of nitrogens with two attached hydrogens (primary N) is 1. The normalized spacial score (nSPS) is 10.4. The van der Waals surface area contributed by atoms with Gasteiger partial charge in [-0.25, -0.2) is 0 Å². The van der Waals surface area contributed by atoms with Crippen LogP contribution in [0.1, 0.15) is 43.4 Å². The highest BCUT2D eigenvalue weighted by Crippen LogP contribution is 2.35. The van der Waals surface area contributed by atoms with E-state index < -0.39 is 0 Å². The summed E-state index contributed by atoms with van der Waals surface area (Å²) in [4.78, 5) is 9.04. The third-order valence-corrected chi connectivity index (χ3v) is 5.72. The van der Waals surface area contributed by atoms with Gasteiger partial charge in [0, 0.05) is 12.6 Å². The Kier molecular flexibility index (Phi) is 8.98. The molecule has 8 heteroatoms. The van der Waals surface area contributed by atoms with Crippen LogP contribution in [-0.2, 0) is 13.0 Å². The van der Waals surface area contributed by atoms with E-state index in [9.17, 15) is 5.26 Å². The van der Waals surface area contributed by atoms with Crippen LogP contribution in [0.3, 0.4) is 0 Å². The predicted molar refractivity (Wildman–Crippen MR) is 148 cm³/mol. The lowest BCUT2D eigenvalue weighted by molar-refractivity contribution is 0.337.